The van der Waals surface area contributed by atoms with E-state index < -0.39 is 0 Å². The van der Waals surface area contributed by atoms with Gasteiger partial charge >= 0.3 is 0 Å². The van der Waals surface area contributed by atoms with Gasteiger partial charge in [-0.1, -0.05) is 24.4 Å². The summed E-state index contributed by atoms with van der Waals surface area (Å²) in [6, 6.07) is 3.89. The Hall–Kier alpha value is -1.13. The van der Waals surface area contributed by atoms with Crippen molar-refractivity contribution in [1.29, 1.82) is 0 Å². The van der Waals surface area contributed by atoms with Gasteiger partial charge in [0.15, 0.2) is 0 Å². The number of halogens is 1. The summed E-state index contributed by atoms with van der Waals surface area (Å²) in [6.07, 6.45) is 6.39. The highest BCUT2D eigenvalue weighted by molar-refractivity contribution is 6.30. The normalized spacial score (nSPS) is 16.1. The van der Waals surface area contributed by atoms with Crippen molar-refractivity contribution in [2.24, 2.45) is 0 Å². The predicted molar refractivity (Wildman–Crippen MR) is 68.1 cm³/mol. The van der Waals surface area contributed by atoms with Gasteiger partial charge in [-0.2, -0.15) is 0 Å². The number of carbonyl (C=O) groups excluding carboxylic acids is 1. The van der Waals surface area contributed by atoms with Crippen molar-refractivity contribution in [3.8, 4) is 0 Å². The molecule has 0 spiro atoms. The molecule has 1 aliphatic carbocycles. The minimum atomic E-state index is -0.0632. The molecule has 1 aliphatic rings. The number of hydrogen-bond acceptors (Lipinski definition) is 3. The van der Waals surface area contributed by atoms with Crippen LogP contribution in [0.15, 0.2) is 18.3 Å². The highest BCUT2D eigenvalue weighted by Crippen LogP contribution is 2.17. The molecule has 17 heavy (non-hydrogen) atoms. The summed E-state index contributed by atoms with van der Waals surface area (Å²) in [5.74, 6) is 0.472. The number of aromatic nitrogens is 1. The number of hydrogen-bond donors (Lipinski definition) is 2. The van der Waals surface area contributed by atoms with E-state index in [0.29, 0.717) is 23.4 Å². The topological polar surface area (TPSA) is 54.0 Å². The van der Waals surface area contributed by atoms with Crippen molar-refractivity contribution in [3.63, 3.8) is 0 Å². The van der Waals surface area contributed by atoms with Gasteiger partial charge in [-0.3, -0.25) is 4.79 Å². The number of nitrogens with one attached hydrogen (secondary N) is 2. The molecule has 1 heterocycles. The van der Waals surface area contributed by atoms with Crippen LogP contribution in [-0.4, -0.2) is 23.5 Å². The molecule has 2 N–H and O–H groups in total. The summed E-state index contributed by atoms with van der Waals surface area (Å²) in [4.78, 5) is 15.6. The Kier molecular flexibility index (Phi) is 4.34. The zero-order valence-electron chi connectivity index (χ0n) is 9.58. The van der Waals surface area contributed by atoms with Crippen LogP contribution in [0.2, 0.25) is 5.02 Å². The zero-order valence-corrected chi connectivity index (χ0v) is 10.3. The number of rotatable bonds is 4. The van der Waals surface area contributed by atoms with Crippen molar-refractivity contribution in [2.45, 2.75) is 31.7 Å². The van der Waals surface area contributed by atoms with Crippen molar-refractivity contribution in [2.75, 3.05) is 11.9 Å². The Bertz CT molecular complexity index is 374. The van der Waals surface area contributed by atoms with Crippen LogP contribution in [0, 0.1) is 0 Å². The number of nitrogens with zero attached hydrogens (tertiary/aromatic N) is 1. The van der Waals surface area contributed by atoms with Crippen molar-refractivity contribution in [3.05, 3.63) is 23.4 Å². The first-order valence-corrected chi connectivity index (χ1v) is 6.26. The molecule has 1 saturated carbocycles. The summed E-state index contributed by atoms with van der Waals surface area (Å²) in [5.41, 5.74) is 0. The van der Waals surface area contributed by atoms with Crippen molar-refractivity contribution < 1.29 is 4.79 Å². The van der Waals surface area contributed by atoms with Crippen LogP contribution in [-0.2, 0) is 4.79 Å². The largest absolute Gasteiger partial charge is 0.310 e. The second-order valence-electron chi connectivity index (χ2n) is 4.27. The second kappa shape index (κ2) is 5.98. The lowest BCUT2D eigenvalue weighted by molar-refractivity contribution is -0.115. The first-order valence-electron chi connectivity index (χ1n) is 5.89. The van der Waals surface area contributed by atoms with Crippen molar-refractivity contribution in [1.82, 2.24) is 10.3 Å². The van der Waals surface area contributed by atoms with Crippen LogP contribution in [0.4, 0.5) is 5.82 Å². The van der Waals surface area contributed by atoms with Gasteiger partial charge in [-0.05, 0) is 25.0 Å². The average Bonchev–Trinajstić information content (AvgIpc) is 2.83. The molecule has 5 heteroatoms. The van der Waals surface area contributed by atoms with Gasteiger partial charge in [0.25, 0.3) is 0 Å². The maximum absolute atomic E-state index is 11.6. The second-order valence-corrected chi connectivity index (χ2v) is 4.71. The van der Waals surface area contributed by atoms with Crippen LogP contribution in [0.3, 0.4) is 0 Å². The molecule has 0 radical (unpaired) electrons. The third-order valence-electron chi connectivity index (χ3n) is 2.90. The lowest BCUT2D eigenvalue weighted by atomic mass is 10.2. The molecule has 2 rings (SSSR count). The van der Waals surface area contributed by atoms with Gasteiger partial charge in [0.1, 0.15) is 5.82 Å². The maximum Gasteiger partial charge on any atom is 0.239 e. The fourth-order valence-corrected chi connectivity index (χ4v) is 2.12. The fraction of sp³-hybridized carbons (Fsp3) is 0.500. The molecule has 0 aliphatic heterocycles. The smallest absolute Gasteiger partial charge is 0.239 e. The van der Waals surface area contributed by atoms with Crippen LogP contribution < -0.4 is 10.6 Å². The van der Waals surface area contributed by atoms with Gasteiger partial charge < -0.3 is 10.6 Å². The summed E-state index contributed by atoms with van der Waals surface area (Å²) < 4.78 is 0. The third-order valence-corrected chi connectivity index (χ3v) is 3.12. The van der Waals surface area contributed by atoms with E-state index in [1.54, 1.807) is 12.1 Å². The van der Waals surface area contributed by atoms with Crippen LogP contribution >= 0.6 is 11.6 Å². The predicted octanol–water partition coefficient (Wildman–Crippen LogP) is 2.21. The molecule has 1 aromatic rings. The van der Waals surface area contributed by atoms with Gasteiger partial charge in [-0.25, -0.2) is 4.98 Å². The first-order chi connectivity index (χ1) is 8.24. The van der Waals surface area contributed by atoms with Gasteiger partial charge in [0, 0.05) is 12.2 Å². The van der Waals surface area contributed by atoms with E-state index in [4.69, 9.17) is 11.6 Å². The molecule has 1 amide bonds. The van der Waals surface area contributed by atoms with E-state index in [1.165, 1.54) is 31.9 Å². The molecule has 0 saturated heterocycles. The lowest BCUT2D eigenvalue weighted by Crippen LogP contribution is -2.34. The van der Waals surface area contributed by atoms with E-state index in [0.717, 1.165) is 0 Å². The fourth-order valence-electron chi connectivity index (χ4n) is 2.00. The minimum absolute atomic E-state index is 0.0632. The van der Waals surface area contributed by atoms with Crippen LogP contribution in [0.1, 0.15) is 25.7 Å². The number of carbonyl (C=O) groups is 1. The van der Waals surface area contributed by atoms with E-state index in [2.05, 4.69) is 15.6 Å². The van der Waals surface area contributed by atoms with E-state index in [1.807, 2.05) is 0 Å². The molecule has 0 aromatic carbocycles. The Morgan fingerprint density at radius 1 is 1.41 bits per heavy atom. The van der Waals surface area contributed by atoms with Crippen LogP contribution in [0.25, 0.3) is 0 Å². The van der Waals surface area contributed by atoms with Gasteiger partial charge in [0.2, 0.25) is 5.91 Å². The quantitative estimate of drug-likeness (QED) is 0.865. The zero-order chi connectivity index (χ0) is 12.1. The molecule has 1 fully saturated rings. The minimum Gasteiger partial charge on any atom is -0.310 e. The average molecular weight is 254 g/mol. The number of amides is 1. The summed E-state index contributed by atoms with van der Waals surface area (Å²) >= 11 is 5.71. The summed E-state index contributed by atoms with van der Waals surface area (Å²) in [5, 5.41) is 6.53. The molecule has 0 bridgehead atoms. The first kappa shape index (κ1) is 12.3. The molecular formula is C12H16ClN3O. The van der Waals surface area contributed by atoms with E-state index in [-0.39, 0.29) is 5.91 Å². The Morgan fingerprint density at radius 2 is 2.18 bits per heavy atom. The lowest BCUT2D eigenvalue weighted by Gasteiger charge is -2.11. The van der Waals surface area contributed by atoms with Gasteiger partial charge in [0.05, 0.1) is 11.6 Å². The van der Waals surface area contributed by atoms with Gasteiger partial charge in [-0.15, -0.1) is 0 Å². The third kappa shape index (κ3) is 3.98. The molecule has 1 aromatic heterocycles. The SMILES string of the molecule is O=C(CNC1CCCC1)Nc1ccc(Cl)cn1. The summed E-state index contributed by atoms with van der Waals surface area (Å²) in [7, 11) is 0. The van der Waals surface area contributed by atoms with E-state index in [9.17, 15) is 4.79 Å². The molecule has 4 nitrogen and oxygen atoms in total. The Labute approximate surface area is 106 Å². The number of anilines is 1. The Morgan fingerprint density at radius 3 is 2.82 bits per heavy atom. The number of pyridine rings is 1. The maximum atomic E-state index is 11.6. The Balaban J connectivity index is 1.74. The highest BCUT2D eigenvalue weighted by Gasteiger charge is 2.15. The summed E-state index contributed by atoms with van der Waals surface area (Å²) in [6.45, 7) is 0.342. The van der Waals surface area contributed by atoms with Crippen LogP contribution in [0.5, 0.6) is 0 Å². The van der Waals surface area contributed by atoms with Crippen molar-refractivity contribution >= 4 is 23.3 Å². The monoisotopic (exact) mass is 253 g/mol. The highest BCUT2D eigenvalue weighted by atomic mass is 35.5. The molecular weight excluding hydrogens is 238 g/mol. The molecule has 0 atom stereocenters. The van der Waals surface area contributed by atoms with E-state index >= 15 is 0 Å². The standard InChI is InChI=1S/C12H16ClN3O/c13-9-5-6-11(15-7-9)16-12(17)8-14-10-3-1-2-4-10/h5-7,10,14H,1-4,8H2,(H,15,16,17). The molecule has 92 valence electrons. The molecule has 0 unspecified atom stereocenters.